The largest absolute Gasteiger partial charge is 0.496 e. The Morgan fingerprint density at radius 3 is 2.70 bits per heavy atom. The fraction of sp³-hybridized carbons (Fsp3) is 0.444. The molecule has 0 saturated heterocycles. The van der Waals surface area contributed by atoms with Gasteiger partial charge < -0.3 is 10.1 Å². The van der Waals surface area contributed by atoms with Crippen molar-refractivity contribution in [3.8, 4) is 5.75 Å². The van der Waals surface area contributed by atoms with Gasteiger partial charge in [0.1, 0.15) is 5.75 Å². The van der Waals surface area contributed by atoms with E-state index in [9.17, 15) is 0 Å². The molecule has 2 atom stereocenters. The molecule has 0 aliphatic heterocycles. The second-order valence-electron chi connectivity index (χ2n) is 5.71. The number of hydrogen-bond donors (Lipinski definition) is 1. The zero-order valence-electron chi connectivity index (χ0n) is 12.4. The summed E-state index contributed by atoms with van der Waals surface area (Å²) in [5, 5.41) is 6.13. The molecule has 2 aromatic rings. The highest BCUT2D eigenvalue weighted by atomic mass is 16.5. The summed E-state index contributed by atoms with van der Waals surface area (Å²) in [7, 11) is 1.75. The van der Waals surface area contributed by atoms with Crippen molar-refractivity contribution in [1.29, 1.82) is 0 Å². The lowest BCUT2D eigenvalue weighted by atomic mass is 9.99. The fourth-order valence-corrected chi connectivity index (χ4v) is 3.11. The molecule has 106 valence electrons. The quantitative estimate of drug-likeness (QED) is 0.802. The molecule has 0 spiro atoms. The molecule has 0 radical (unpaired) electrons. The van der Waals surface area contributed by atoms with Crippen molar-refractivity contribution < 1.29 is 4.74 Å². The van der Waals surface area contributed by atoms with Crippen LogP contribution in [0.4, 0.5) is 0 Å². The van der Waals surface area contributed by atoms with Crippen LogP contribution in [0.15, 0.2) is 36.4 Å². The van der Waals surface area contributed by atoms with Crippen molar-refractivity contribution in [2.24, 2.45) is 5.92 Å². The molecule has 1 fully saturated rings. The Balaban J connectivity index is 1.83. The topological polar surface area (TPSA) is 21.3 Å². The number of rotatable bonds is 6. The molecule has 2 unspecified atom stereocenters. The van der Waals surface area contributed by atoms with E-state index in [2.05, 4.69) is 48.6 Å². The Hall–Kier alpha value is -1.54. The number of benzene rings is 2. The van der Waals surface area contributed by atoms with E-state index in [0.29, 0.717) is 0 Å². The highest BCUT2D eigenvalue weighted by Crippen LogP contribution is 2.49. The molecule has 1 N–H and O–H groups in total. The van der Waals surface area contributed by atoms with Crippen LogP contribution >= 0.6 is 0 Å². The highest BCUT2D eigenvalue weighted by Gasteiger charge is 2.38. The van der Waals surface area contributed by atoms with Crippen molar-refractivity contribution in [1.82, 2.24) is 5.32 Å². The van der Waals surface area contributed by atoms with Gasteiger partial charge in [0.15, 0.2) is 0 Å². The molecule has 3 rings (SSSR count). The highest BCUT2D eigenvalue weighted by molar-refractivity contribution is 5.91. The third kappa shape index (κ3) is 2.53. The van der Waals surface area contributed by atoms with E-state index in [4.69, 9.17) is 4.74 Å². The summed E-state index contributed by atoms with van der Waals surface area (Å²) >= 11 is 0. The van der Waals surface area contributed by atoms with Gasteiger partial charge in [-0.25, -0.2) is 0 Å². The van der Waals surface area contributed by atoms with E-state index in [0.717, 1.165) is 30.7 Å². The Labute approximate surface area is 121 Å². The van der Waals surface area contributed by atoms with E-state index >= 15 is 0 Å². The number of ether oxygens (including phenoxy) is 1. The minimum Gasteiger partial charge on any atom is -0.496 e. The van der Waals surface area contributed by atoms with Gasteiger partial charge in [-0.1, -0.05) is 37.3 Å². The summed E-state index contributed by atoms with van der Waals surface area (Å²) in [4.78, 5) is 0. The van der Waals surface area contributed by atoms with Crippen molar-refractivity contribution in [2.75, 3.05) is 20.2 Å². The van der Waals surface area contributed by atoms with Crippen molar-refractivity contribution >= 4 is 10.8 Å². The zero-order valence-corrected chi connectivity index (χ0v) is 12.4. The first-order valence-electron chi connectivity index (χ1n) is 7.61. The van der Waals surface area contributed by atoms with E-state index < -0.39 is 0 Å². The molecule has 0 amide bonds. The second-order valence-corrected chi connectivity index (χ2v) is 5.71. The lowest BCUT2D eigenvalue weighted by Gasteiger charge is -2.10. The van der Waals surface area contributed by atoms with Gasteiger partial charge in [-0.3, -0.25) is 0 Å². The lowest BCUT2D eigenvalue weighted by molar-refractivity contribution is 0.419. The number of methoxy groups -OCH3 is 1. The van der Waals surface area contributed by atoms with Crippen molar-refractivity contribution in [3.05, 3.63) is 42.0 Å². The SMILES string of the molecule is CCCNCC1CC1c1ccc(OC)c2ccccc12. The van der Waals surface area contributed by atoms with Crippen LogP contribution in [0.2, 0.25) is 0 Å². The van der Waals surface area contributed by atoms with Gasteiger partial charge in [0.05, 0.1) is 7.11 Å². The summed E-state index contributed by atoms with van der Waals surface area (Å²) in [5.41, 5.74) is 1.49. The van der Waals surface area contributed by atoms with E-state index in [1.165, 1.54) is 29.2 Å². The second kappa shape index (κ2) is 5.84. The molecule has 0 aromatic heterocycles. The van der Waals surface area contributed by atoms with Crippen LogP contribution in [0.1, 0.15) is 31.2 Å². The predicted molar refractivity (Wildman–Crippen MR) is 84.5 cm³/mol. The minimum absolute atomic E-state index is 0.718. The number of hydrogen-bond acceptors (Lipinski definition) is 2. The van der Waals surface area contributed by atoms with Gasteiger partial charge in [-0.2, -0.15) is 0 Å². The molecule has 1 aliphatic carbocycles. The molecule has 1 saturated carbocycles. The first-order valence-corrected chi connectivity index (χ1v) is 7.61. The average molecular weight is 269 g/mol. The van der Waals surface area contributed by atoms with Crippen molar-refractivity contribution in [3.63, 3.8) is 0 Å². The monoisotopic (exact) mass is 269 g/mol. The average Bonchev–Trinajstić information content (AvgIpc) is 3.26. The van der Waals surface area contributed by atoms with Crippen LogP contribution in [0.25, 0.3) is 10.8 Å². The smallest absolute Gasteiger partial charge is 0.126 e. The molecular weight excluding hydrogens is 246 g/mol. The summed E-state index contributed by atoms with van der Waals surface area (Å²) in [6, 6.07) is 13.0. The molecule has 2 heteroatoms. The Morgan fingerprint density at radius 1 is 1.15 bits per heavy atom. The van der Waals surface area contributed by atoms with Crippen LogP contribution in [0, 0.1) is 5.92 Å². The molecule has 0 heterocycles. The van der Waals surface area contributed by atoms with Crippen molar-refractivity contribution in [2.45, 2.75) is 25.7 Å². The van der Waals surface area contributed by atoms with Gasteiger partial charge in [0, 0.05) is 5.39 Å². The molecule has 2 nitrogen and oxygen atoms in total. The van der Waals surface area contributed by atoms with E-state index in [1.807, 2.05) is 0 Å². The van der Waals surface area contributed by atoms with Crippen LogP contribution in [-0.4, -0.2) is 20.2 Å². The van der Waals surface area contributed by atoms with E-state index in [-0.39, 0.29) is 0 Å². The fourth-order valence-electron chi connectivity index (χ4n) is 3.11. The van der Waals surface area contributed by atoms with Crippen LogP contribution in [0.3, 0.4) is 0 Å². The summed E-state index contributed by atoms with van der Waals surface area (Å²) in [6.07, 6.45) is 2.52. The zero-order chi connectivity index (χ0) is 13.9. The Bertz CT molecular complexity index is 593. The first kappa shape index (κ1) is 13.4. The molecule has 0 bridgehead atoms. The van der Waals surface area contributed by atoms with Gasteiger partial charge in [-0.05, 0) is 54.8 Å². The van der Waals surface area contributed by atoms with Gasteiger partial charge >= 0.3 is 0 Å². The standard InChI is InChI=1S/C18H23NO/c1-3-10-19-12-13-11-17(13)15-8-9-18(20-2)16-7-5-4-6-14(15)16/h4-9,13,17,19H,3,10-12H2,1-2H3. The van der Waals surface area contributed by atoms with Gasteiger partial charge in [-0.15, -0.1) is 0 Å². The third-order valence-corrected chi connectivity index (χ3v) is 4.29. The Kier molecular flexibility index (Phi) is 3.93. The maximum absolute atomic E-state index is 5.48. The number of nitrogens with one attached hydrogen (secondary N) is 1. The van der Waals surface area contributed by atoms with E-state index in [1.54, 1.807) is 7.11 Å². The molecule has 2 aromatic carbocycles. The Morgan fingerprint density at radius 2 is 1.95 bits per heavy atom. The summed E-state index contributed by atoms with van der Waals surface area (Å²) in [6.45, 7) is 4.50. The van der Waals surface area contributed by atoms with Gasteiger partial charge in [0.2, 0.25) is 0 Å². The maximum atomic E-state index is 5.48. The predicted octanol–water partition coefficient (Wildman–Crippen LogP) is 3.95. The van der Waals surface area contributed by atoms with Crippen LogP contribution in [0.5, 0.6) is 5.75 Å². The van der Waals surface area contributed by atoms with Crippen LogP contribution < -0.4 is 10.1 Å². The molecule has 20 heavy (non-hydrogen) atoms. The normalized spacial score (nSPS) is 21.1. The minimum atomic E-state index is 0.718. The third-order valence-electron chi connectivity index (χ3n) is 4.29. The first-order chi connectivity index (χ1) is 9.85. The van der Waals surface area contributed by atoms with Gasteiger partial charge in [0.25, 0.3) is 0 Å². The molecule has 1 aliphatic rings. The maximum Gasteiger partial charge on any atom is 0.126 e. The molecular formula is C18H23NO. The summed E-state index contributed by atoms with van der Waals surface area (Å²) < 4.78 is 5.48. The summed E-state index contributed by atoms with van der Waals surface area (Å²) in [5.74, 6) is 2.50. The number of fused-ring (bicyclic) bond motifs is 1. The van der Waals surface area contributed by atoms with Crippen LogP contribution in [-0.2, 0) is 0 Å². The lowest BCUT2D eigenvalue weighted by Crippen LogP contribution is -2.17.